The zero-order chi connectivity index (χ0) is 11.7. The molecule has 0 spiro atoms. The molecule has 0 saturated carbocycles. The molecule has 3 rings (SSSR count). The number of thiol groups is 1. The molecule has 2 aromatic carbocycles. The van der Waals surface area contributed by atoms with E-state index in [9.17, 15) is 0 Å². The number of rotatable bonds is 2. The summed E-state index contributed by atoms with van der Waals surface area (Å²) in [6.07, 6.45) is 0. The molecule has 0 radical (unpaired) electrons. The summed E-state index contributed by atoms with van der Waals surface area (Å²) < 4.78 is 0.215. The quantitative estimate of drug-likeness (QED) is 0.812. The summed E-state index contributed by atoms with van der Waals surface area (Å²) in [5.41, 5.74) is 2.62. The van der Waals surface area contributed by atoms with Crippen molar-refractivity contribution in [3.8, 4) is 0 Å². The Morgan fingerprint density at radius 2 is 1.71 bits per heavy atom. The number of nitrogens with zero attached hydrogens (tertiary/aromatic N) is 1. The lowest BCUT2D eigenvalue weighted by atomic mass is 10.2. The second kappa shape index (κ2) is 4.67. The molecule has 3 heteroatoms. The van der Waals surface area contributed by atoms with E-state index in [-0.39, 0.29) is 4.71 Å². The molecule has 0 aromatic heterocycles. The highest BCUT2D eigenvalue weighted by Crippen LogP contribution is 2.45. The van der Waals surface area contributed by atoms with Crippen LogP contribution < -0.4 is 4.90 Å². The molecule has 0 fully saturated rings. The van der Waals surface area contributed by atoms with Crippen molar-refractivity contribution in [1.29, 1.82) is 0 Å². The van der Waals surface area contributed by atoms with E-state index in [4.69, 9.17) is 0 Å². The van der Waals surface area contributed by atoms with Crippen molar-refractivity contribution >= 4 is 30.1 Å². The molecular formula is C14H13NS2. The number of fused-ring (bicyclic) bond motifs is 1. The van der Waals surface area contributed by atoms with Gasteiger partial charge in [0.25, 0.3) is 0 Å². The molecule has 1 nitrogen and oxygen atoms in total. The van der Waals surface area contributed by atoms with Crippen molar-refractivity contribution in [1.82, 2.24) is 0 Å². The van der Waals surface area contributed by atoms with Crippen molar-refractivity contribution in [2.45, 2.75) is 16.1 Å². The van der Waals surface area contributed by atoms with Gasteiger partial charge in [0, 0.05) is 11.4 Å². The molecule has 1 heterocycles. The Morgan fingerprint density at radius 1 is 1.00 bits per heavy atom. The molecule has 0 aliphatic carbocycles. The van der Waals surface area contributed by atoms with E-state index in [1.54, 1.807) is 0 Å². The Bertz CT molecular complexity index is 513. The first kappa shape index (κ1) is 11.1. The Kier molecular flexibility index (Phi) is 3.04. The van der Waals surface area contributed by atoms with E-state index >= 15 is 0 Å². The van der Waals surface area contributed by atoms with Gasteiger partial charge in [0.2, 0.25) is 0 Å². The van der Waals surface area contributed by atoms with Crippen LogP contribution in [-0.4, -0.2) is 4.71 Å². The van der Waals surface area contributed by atoms with Gasteiger partial charge in [-0.25, -0.2) is 0 Å². The summed E-state index contributed by atoms with van der Waals surface area (Å²) in [5, 5.41) is 0. The van der Waals surface area contributed by atoms with Gasteiger partial charge in [-0.1, -0.05) is 54.2 Å². The Morgan fingerprint density at radius 3 is 2.53 bits per heavy atom. The van der Waals surface area contributed by atoms with Crippen LogP contribution in [-0.2, 0) is 6.54 Å². The smallest absolute Gasteiger partial charge is 0.124 e. The van der Waals surface area contributed by atoms with Gasteiger partial charge in [-0.05, 0) is 17.7 Å². The summed E-state index contributed by atoms with van der Waals surface area (Å²) in [4.78, 5) is 3.65. The number of hydrogen-bond acceptors (Lipinski definition) is 3. The van der Waals surface area contributed by atoms with Crippen LogP contribution in [0.1, 0.15) is 5.56 Å². The minimum absolute atomic E-state index is 0.215. The van der Waals surface area contributed by atoms with Gasteiger partial charge in [0.05, 0.1) is 5.69 Å². The maximum atomic E-state index is 4.65. The molecule has 1 atom stereocenters. The second-order valence-corrected chi connectivity index (χ2v) is 5.99. The second-order valence-electron chi connectivity index (χ2n) is 4.03. The van der Waals surface area contributed by atoms with Crippen LogP contribution in [0.5, 0.6) is 0 Å². The first-order valence-corrected chi connectivity index (χ1v) is 6.98. The highest BCUT2D eigenvalue weighted by Gasteiger charge is 2.26. The maximum absolute atomic E-state index is 4.65. The van der Waals surface area contributed by atoms with Gasteiger partial charge in [-0.2, -0.15) is 0 Å². The molecule has 1 aliphatic heterocycles. The van der Waals surface area contributed by atoms with Crippen molar-refractivity contribution in [3.63, 3.8) is 0 Å². The molecular weight excluding hydrogens is 246 g/mol. The standard InChI is InChI=1S/C14H13NS2/c16-14-15(10-11-6-2-1-3-7-11)12-8-4-5-9-13(12)17-14/h1-9,14,16H,10H2. The topological polar surface area (TPSA) is 3.24 Å². The van der Waals surface area contributed by atoms with E-state index in [2.05, 4.69) is 66.1 Å². The number of anilines is 1. The van der Waals surface area contributed by atoms with Gasteiger partial charge in [-0.15, -0.1) is 12.6 Å². The van der Waals surface area contributed by atoms with Crippen LogP contribution in [0.4, 0.5) is 5.69 Å². The highest BCUT2D eigenvalue weighted by molar-refractivity contribution is 8.10. The van der Waals surface area contributed by atoms with Crippen molar-refractivity contribution in [2.75, 3.05) is 4.90 Å². The zero-order valence-electron chi connectivity index (χ0n) is 9.28. The number of para-hydroxylation sites is 1. The van der Waals surface area contributed by atoms with Crippen LogP contribution in [0, 0.1) is 0 Å². The number of thioether (sulfide) groups is 1. The Hall–Kier alpha value is -1.06. The lowest BCUT2D eigenvalue weighted by molar-refractivity contribution is 0.885. The molecule has 0 N–H and O–H groups in total. The lowest BCUT2D eigenvalue weighted by Gasteiger charge is -2.23. The molecule has 0 amide bonds. The predicted molar refractivity (Wildman–Crippen MR) is 77.7 cm³/mol. The molecule has 17 heavy (non-hydrogen) atoms. The SMILES string of the molecule is SC1Sc2ccccc2N1Cc1ccccc1. The summed E-state index contributed by atoms with van der Waals surface area (Å²) in [7, 11) is 0. The fourth-order valence-corrected chi connectivity index (χ4v) is 3.59. The van der Waals surface area contributed by atoms with Crippen molar-refractivity contribution in [3.05, 3.63) is 60.2 Å². The van der Waals surface area contributed by atoms with Gasteiger partial charge in [0.1, 0.15) is 4.71 Å². The molecule has 0 saturated heterocycles. The Balaban J connectivity index is 1.89. The minimum atomic E-state index is 0.215. The zero-order valence-corrected chi connectivity index (χ0v) is 11.0. The fraction of sp³-hybridized carbons (Fsp3) is 0.143. The number of benzene rings is 2. The monoisotopic (exact) mass is 259 g/mol. The van der Waals surface area contributed by atoms with E-state index in [1.807, 2.05) is 17.8 Å². The third kappa shape index (κ3) is 2.17. The average molecular weight is 259 g/mol. The third-order valence-corrected chi connectivity index (χ3v) is 4.53. The predicted octanol–water partition coefficient (Wildman–Crippen LogP) is 4.01. The average Bonchev–Trinajstić information content (AvgIpc) is 2.68. The highest BCUT2D eigenvalue weighted by atomic mass is 32.2. The molecule has 2 aromatic rings. The van der Waals surface area contributed by atoms with E-state index in [1.165, 1.54) is 16.1 Å². The van der Waals surface area contributed by atoms with Gasteiger partial charge >= 0.3 is 0 Å². The lowest BCUT2D eigenvalue weighted by Crippen LogP contribution is -2.24. The van der Waals surface area contributed by atoms with E-state index in [0.717, 1.165) is 6.54 Å². The first-order chi connectivity index (χ1) is 8.34. The summed E-state index contributed by atoms with van der Waals surface area (Å²) in [6.45, 7) is 0.916. The fourth-order valence-electron chi connectivity index (χ4n) is 2.03. The maximum Gasteiger partial charge on any atom is 0.124 e. The molecule has 1 aliphatic rings. The molecule has 86 valence electrons. The number of hydrogen-bond donors (Lipinski definition) is 1. The van der Waals surface area contributed by atoms with Gasteiger partial charge < -0.3 is 4.90 Å². The summed E-state index contributed by atoms with van der Waals surface area (Å²) in [5.74, 6) is 0. The first-order valence-electron chi connectivity index (χ1n) is 5.59. The van der Waals surface area contributed by atoms with Crippen LogP contribution in [0.2, 0.25) is 0 Å². The normalized spacial score (nSPS) is 18.2. The molecule has 0 bridgehead atoms. The van der Waals surface area contributed by atoms with E-state index in [0.29, 0.717) is 0 Å². The summed E-state index contributed by atoms with van der Waals surface area (Å²) >= 11 is 6.46. The van der Waals surface area contributed by atoms with E-state index < -0.39 is 0 Å². The minimum Gasteiger partial charge on any atom is -0.345 e. The third-order valence-electron chi connectivity index (χ3n) is 2.87. The largest absolute Gasteiger partial charge is 0.345 e. The van der Waals surface area contributed by atoms with Crippen molar-refractivity contribution < 1.29 is 0 Å². The van der Waals surface area contributed by atoms with Crippen LogP contribution in [0.3, 0.4) is 0 Å². The Labute approximate surface area is 111 Å². The van der Waals surface area contributed by atoms with Crippen LogP contribution >= 0.6 is 24.4 Å². The molecule has 1 unspecified atom stereocenters. The van der Waals surface area contributed by atoms with Gasteiger partial charge in [-0.3, -0.25) is 0 Å². The van der Waals surface area contributed by atoms with Crippen LogP contribution in [0.25, 0.3) is 0 Å². The van der Waals surface area contributed by atoms with Gasteiger partial charge in [0.15, 0.2) is 0 Å². The van der Waals surface area contributed by atoms with Crippen molar-refractivity contribution in [2.24, 2.45) is 0 Å². The van der Waals surface area contributed by atoms with Crippen LogP contribution in [0.15, 0.2) is 59.5 Å². The summed E-state index contributed by atoms with van der Waals surface area (Å²) in [6, 6.07) is 19.0.